The summed E-state index contributed by atoms with van der Waals surface area (Å²) in [5.74, 6) is 0. The van der Waals surface area contributed by atoms with E-state index in [0.717, 1.165) is 11.4 Å². The zero-order valence-electron chi connectivity index (χ0n) is 44.5. The Morgan fingerprint density at radius 1 is 0.286 bits per heavy atom. The molecule has 15 rings (SSSR count). The van der Waals surface area contributed by atoms with Gasteiger partial charge in [-0.15, -0.1) is 0 Å². The standard InChI is InChI=1S/C73H58N2Si2/c1-73(2)61-27-13-12-26-54(61)55-39-36-48(44-62(55)73)71-57-40-37-50(75-65-30-16-20-34-69(65)77(5,6)70-35-21-17-31-66(70)75)46-60(57)72(56-43-42-51(47-22-8-7-9-23-47)52-24-10-11-25-53(52)56)58-41-38-49(45-59(58)71)74-63-28-14-18-32-67(63)76(3,4)68-33-19-15-29-64(68)74/h7-46H,1-6H3. The van der Waals surface area contributed by atoms with Gasteiger partial charge in [0.25, 0.3) is 0 Å². The van der Waals surface area contributed by atoms with Crippen molar-refractivity contribution in [2.24, 2.45) is 0 Å². The highest BCUT2D eigenvalue weighted by Crippen LogP contribution is 2.54. The molecule has 0 amide bonds. The first kappa shape index (κ1) is 45.8. The van der Waals surface area contributed by atoms with Crippen LogP contribution in [0.15, 0.2) is 243 Å². The number of para-hydroxylation sites is 4. The Bertz CT molecular complexity index is 4350. The predicted molar refractivity (Wildman–Crippen MR) is 336 cm³/mol. The van der Waals surface area contributed by atoms with Gasteiger partial charge < -0.3 is 9.80 Å². The molecule has 0 saturated heterocycles. The van der Waals surface area contributed by atoms with E-state index in [9.17, 15) is 0 Å². The summed E-state index contributed by atoms with van der Waals surface area (Å²) in [6.07, 6.45) is 0. The molecule has 12 aromatic carbocycles. The van der Waals surface area contributed by atoms with E-state index < -0.39 is 16.1 Å². The van der Waals surface area contributed by atoms with Crippen LogP contribution in [-0.4, -0.2) is 16.1 Å². The predicted octanol–water partition coefficient (Wildman–Crippen LogP) is 17.7. The van der Waals surface area contributed by atoms with E-state index in [-0.39, 0.29) is 5.41 Å². The van der Waals surface area contributed by atoms with Crippen LogP contribution >= 0.6 is 0 Å². The summed E-state index contributed by atoms with van der Waals surface area (Å²) in [5.41, 5.74) is 20.1. The largest absolute Gasteiger partial charge is 0.311 e. The van der Waals surface area contributed by atoms with E-state index in [1.165, 1.54) is 131 Å². The molecule has 0 fully saturated rings. The smallest absolute Gasteiger partial charge is 0.117 e. The third-order valence-electron chi connectivity index (χ3n) is 18.0. The molecule has 368 valence electrons. The minimum atomic E-state index is -2.04. The zero-order valence-corrected chi connectivity index (χ0v) is 46.5. The third kappa shape index (κ3) is 6.59. The summed E-state index contributed by atoms with van der Waals surface area (Å²) in [6, 6.07) is 92.7. The Morgan fingerprint density at radius 3 is 1.26 bits per heavy atom. The van der Waals surface area contributed by atoms with Gasteiger partial charge >= 0.3 is 0 Å². The highest BCUT2D eigenvalue weighted by atomic mass is 28.3. The molecule has 2 aliphatic heterocycles. The van der Waals surface area contributed by atoms with Crippen LogP contribution in [0.4, 0.5) is 34.1 Å². The second-order valence-electron chi connectivity index (χ2n) is 23.2. The molecule has 2 nitrogen and oxygen atoms in total. The molecular weight excluding hydrogens is 961 g/mol. The summed E-state index contributed by atoms with van der Waals surface area (Å²) < 4.78 is 0. The molecule has 0 unspecified atom stereocenters. The van der Waals surface area contributed by atoms with Gasteiger partial charge in [-0.05, 0) is 163 Å². The quantitative estimate of drug-likeness (QED) is 0.125. The number of hydrogen-bond acceptors (Lipinski definition) is 2. The van der Waals surface area contributed by atoms with Crippen LogP contribution < -0.4 is 30.5 Å². The minimum absolute atomic E-state index is 0.171. The lowest BCUT2D eigenvalue weighted by Gasteiger charge is -2.41. The fraction of sp³-hybridized carbons (Fsp3) is 0.0959. The van der Waals surface area contributed by atoms with E-state index in [4.69, 9.17) is 0 Å². The lowest BCUT2D eigenvalue weighted by molar-refractivity contribution is 0.660. The summed E-state index contributed by atoms with van der Waals surface area (Å²) in [4.78, 5) is 5.11. The molecule has 3 aliphatic rings. The summed E-state index contributed by atoms with van der Waals surface area (Å²) in [5, 5.41) is 13.3. The maximum absolute atomic E-state index is 2.56. The average molecular weight is 1020 g/mol. The van der Waals surface area contributed by atoms with Crippen molar-refractivity contribution >= 4 is 103 Å². The highest BCUT2D eigenvalue weighted by molar-refractivity contribution is 7.03. The molecule has 0 saturated carbocycles. The summed E-state index contributed by atoms with van der Waals surface area (Å²) in [6.45, 7) is 14.9. The summed E-state index contributed by atoms with van der Waals surface area (Å²) in [7, 11) is -4.07. The van der Waals surface area contributed by atoms with E-state index in [1.54, 1.807) is 0 Å². The van der Waals surface area contributed by atoms with Crippen molar-refractivity contribution in [2.45, 2.75) is 45.5 Å². The van der Waals surface area contributed by atoms with Gasteiger partial charge in [0, 0.05) is 39.5 Å². The van der Waals surface area contributed by atoms with Crippen molar-refractivity contribution in [1.29, 1.82) is 0 Å². The third-order valence-corrected chi connectivity index (χ3v) is 25.1. The van der Waals surface area contributed by atoms with Gasteiger partial charge in [0.2, 0.25) is 0 Å². The SMILES string of the molecule is CC1(C)c2ccccc2-c2ccc(-c3c4cc(N5c6ccccc6[Si](C)(C)c6ccccc65)ccc4c(-c4ccc(-c5ccccc5)c5ccccc45)c4cc(N5c6ccccc6[Si](C)(C)c6ccccc65)ccc34)cc21. The Morgan fingerprint density at radius 2 is 0.701 bits per heavy atom. The van der Waals surface area contributed by atoms with Crippen molar-refractivity contribution in [3.8, 4) is 44.5 Å². The van der Waals surface area contributed by atoms with E-state index in [2.05, 4.69) is 292 Å². The van der Waals surface area contributed by atoms with Crippen LogP contribution in [0, 0.1) is 0 Å². The van der Waals surface area contributed by atoms with Gasteiger partial charge in [0.15, 0.2) is 0 Å². The van der Waals surface area contributed by atoms with Gasteiger partial charge in [-0.1, -0.05) is 228 Å². The molecule has 1 aliphatic carbocycles. The number of hydrogen-bond donors (Lipinski definition) is 0. The van der Waals surface area contributed by atoms with Crippen LogP contribution in [0.25, 0.3) is 76.8 Å². The van der Waals surface area contributed by atoms with Crippen molar-refractivity contribution in [2.75, 3.05) is 9.80 Å². The molecule has 2 heterocycles. The Kier molecular flexibility index (Phi) is 9.95. The molecule has 0 radical (unpaired) electrons. The Hall–Kier alpha value is -8.55. The van der Waals surface area contributed by atoms with Gasteiger partial charge in [0.05, 0.1) is 0 Å². The minimum Gasteiger partial charge on any atom is -0.311 e. The lowest BCUT2D eigenvalue weighted by atomic mass is 9.80. The fourth-order valence-electron chi connectivity index (χ4n) is 14.2. The van der Waals surface area contributed by atoms with Crippen LogP contribution in [0.1, 0.15) is 25.0 Å². The molecule has 0 bridgehead atoms. The molecule has 77 heavy (non-hydrogen) atoms. The molecule has 12 aromatic rings. The Labute approximate surface area is 454 Å². The maximum atomic E-state index is 2.56. The van der Waals surface area contributed by atoms with E-state index in [0.29, 0.717) is 0 Å². The van der Waals surface area contributed by atoms with Gasteiger partial charge in [-0.2, -0.15) is 0 Å². The first-order valence-electron chi connectivity index (χ1n) is 27.3. The maximum Gasteiger partial charge on any atom is 0.117 e. The second-order valence-corrected chi connectivity index (χ2v) is 31.9. The molecule has 0 spiro atoms. The average Bonchev–Trinajstić information content (AvgIpc) is 3.85. The normalized spacial score (nSPS) is 15.1. The molecule has 4 heteroatoms. The van der Waals surface area contributed by atoms with Crippen LogP contribution in [0.2, 0.25) is 26.2 Å². The van der Waals surface area contributed by atoms with Gasteiger partial charge in [-0.3, -0.25) is 0 Å². The van der Waals surface area contributed by atoms with Crippen molar-refractivity contribution in [3.63, 3.8) is 0 Å². The van der Waals surface area contributed by atoms with E-state index >= 15 is 0 Å². The first-order chi connectivity index (χ1) is 37.5. The molecule has 0 N–H and O–H groups in total. The monoisotopic (exact) mass is 1020 g/mol. The van der Waals surface area contributed by atoms with Gasteiger partial charge in [-0.25, -0.2) is 0 Å². The van der Waals surface area contributed by atoms with Crippen LogP contribution in [-0.2, 0) is 5.41 Å². The molecule has 0 atom stereocenters. The number of fused-ring (bicyclic) bond motifs is 10. The summed E-state index contributed by atoms with van der Waals surface area (Å²) >= 11 is 0. The topological polar surface area (TPSA) is 6.48 Å². The molecular formula is C73H58N2Si2. The number of anilines is 6. The number of rotatable bonds is 5. The number of nitrogens with zero attached hydrogens (tertiary/aromatic N) is 2. The zero-order chi connectivity index (χ0) is 52.0. The first-order valence-corrected chi connectivity index (χ1v) is 33.3. The highest BCUT2D eigenvalue weighted by Gasteiger charge is 2.41. The van der Waals surface area contributed by atoms with Crippen LogP contribution in [0.5, 0.6) is 0 Å². The molecule has 0 aromatic heterocycles. The Balaban J connectivity index is 1.08. The number of benzene rings is 12. The fourth-order valence-corrected chi connectivity index (χ4v) is 20.2. The van der Waals surface area contributed by atoms with Crippen molar-refractivity contribution in [1.82, 2.24) is 0 Å². The van der Waals surface area contributed by atoms with Gasteiger partial charge in [0.1, 0.15) is 16.1 Å². The van der Waals surface area contributed by atoms with Crippen molar-refractivity contribution < 1.29 is 0 Å². The van der Waals surface area contributed by atoms with Crippen LogP contribution in [0.3, 0.4) is 0 Å². The lowest BCUT2D eigenvalue weighted by Crippen LogP contribution is -2.58. The second kappa shape index (κ2) is 16.7. The van der Waals surface area contributed by atoms with Crippen molar-refractivity contribution in [3.05, 3.63) is 254 Å². The van der Waals surface area contributed by atoms with E-state index in [1.807, 2.05) is 0 Å².